The first kappa shape index (κ1) is 15.5. The molecule has 0 aliphatic carbocycles. The summed E-state index contributed by atoms with van der Waals surface area (Å²) in [5.41, 5.74) is 5.19. The quantitative estimate of drug-likeness (QED) is 0.839. The van der Waals surface area contributed by atoms with Gasteiger partial charge in [0, 0.05) is 25.1 Å². The Hall–Kier alpha value is -1.35. The van der Waals surface area contributed by atoms with Crippen LogP contribution in [0, 0.1) is 26.2 Å². The molecule has 3 rings (SSSR count). The van der Waals surface area contributed by atoms with Crippen molar-refractivity contribution >= 4 is 5.91 Å². The molecular formula is C19H27NO2. The number of aryl methyl sites for hydroxylation is 3. The van der Waals surface area contributed by atoms with E-state index in [1.54, 1.807) is 0 Å². The van der Waals surface area contributed by atoms with Crippen molar-refractivity contribution in [1.29, 1.82) is 0 Å². The molecule has 3 nitrogen and oxygen atoms in total. The average molecular weight is 301 g/mol. The molecule has 2 aliphatic heterocycles. The lowest BCUT2D eigenvalue weighted by Crippen LogP contribution is -2.37. The number of likely N-dealkylation sites (tertiary alicyclic amines) is 1. The Kier molecular flexibility index (Phi) is 4.26. The molecule has 0 radical (unpaired) electrons. The van der Waals surface area contributed by atoms with Crippen LogP contribution in [-0.2, 0) is 16.0 Å². The van der Waals surface area contributed by atoms with Crippen LogP contribution in [0.4, 0.5) is 0 Å². The van der Waals surface area contributed by atoms with Crippen LogP contribution in [0.1, 0.15) is 41.5 Å². The molecule has 1 aromatic rings. The lowest BCUT2D eigenvalue weighted by Gasteiger charge is -2.33. The summed E-state index contributed by atoms with van der Waals surface area (Å²) >= 11 is 0. The Bertz CT molecular complexity index is 550. The molecule has 1 aromatic carbocycles. The van der Waals surface area contributed by atoms with E-state index in [0.29, 0.717) is 6.42 Å². The van der Waals surface area contributed by atoms with Gasteiger partial charge < -0.3 is 9.64 Å². The van der Waals surface area contributed by atoms with E-state index in [-0.39, 0.29) is 11.3 Å². The summed E-state index contributed by atoms with van der Waals surface area (Å²) in [6, 6.07) is 4.35. The van der Waals surface area contributed by atoms with Crippen molar-refractivity contribution in [2.75, 3.05) is 26.3 Å². The molecule has 2 aliphatic rings. The molecule has 2 heterocycles. The highest BCUT2D eigenvalue weighted by Crippen LogP contribution is 2.38. The Morgan fingerprint density at radius 1 is 1.23 bits per heavy atom. The maximum atomic E-state index is 12.7. The van der Waals surface area contributed by atoms with E-state index < -0.39 is 0 Å². The zero-order chi connectivity index (χ0) is 15.7. The number of rotatable bonds is 2. The fraction of sp³-hybridized carbons (Fsp3) is 0.632. The van der Waals surface area contributed by atoms with Gasteiger partial charge in [0.25, 0.3) is 0 Å². The lowest BCUT2D eigenvalue weighted by molar-refractivity contribution is -0.130. The minimum atomic E-state index is 0.241. The number of carbonyl (C=O) groups excluding carboxylic acids is 1. The number of benzene rings is 1. The molecule has 0 aromatic heterocycles. The highest BCUT2D eigenvalue weighted by Gasteiger charge is 2.41. The zero-order valence-electron chi connectivity index (χ0n) is 14.1. The van der Waals surface area contributed by atoms with Gasteiger partial charge in [-0.3, -0.25) is 4.79 Å². The summed E-state index contributed by atoms with van der Waals surface area (Å²) in [7, 11) is 0. The first-order chi connectivity index (χ1) is 10.5. The molecule has 120 valence electrons. The van der Waals surface area contributed by atoms with Gasteiger partial charge in [-0.15, -0.1) is 0 Å². The number of amides is 1. The van der Waals surface area contributed by atoms with Gasteiger partial charge in [0.1, 0.15) is 0 Å². The third-order valence-electron chi connectivity index (χ3n) is 5.36. The smallest absolute Gasteiger partial charge is 0.227 e. The van der Waals surface area contributed by atoms with Gasteiger partial charge in [0.05, 0.1) is 13.0 Å². The van der Waals surface area contributed by atoms with Crippen LogP contribution in [0.5, 0.6) is 0 Å². The van der Waals surface area contributed by atoms with Crippen LogP contribution in [0.25, 0.3) is 0 Å². The predicted molar refractivity (Wildman–Crippen MR) is 88.0 cm³/mol. The molecular weight excluding hydrogens is 274 g/mol. The molecule has 1 spiro atoms. The Labute approximate surface area is 133 Å². The first-order valence-electron chi connectivity index (χ1n) is 8.41. The Morgan fingerprint density at radius 3 is 2.59 bits per heavy atom. The summed E-state index contributed by atoms with van der Waals surface area (Å²) in [5, 5.41) is 0. The number of nitrogens with zero attached hydrogens (tertiary/aromatic N) is 1. The first-order valence-corrected chi connectivity index (χ1v) is 8.41. The van der Waals surface area contributed by atoms with Crippen LogP contribution in [0.3, 0.4) is 0 Å². The number of carbonyl (C=O) groups is 1. The lowest BCUT2D eigenvalue weighted by atomic mass is 9.82. The van der Waals surface area contributed by atoms with E-state index in [2.05, 4.69) is 37.8 Å². The third-order valence-corrected chi connectivity index (χ3v) is 5.36. The van der Waals surface area contributed by atoms with Gasteiger partial charge in [-0.05, 0) is 56.7 Å². The van der Waals surface area contributed by atoms with Crippen LogP contribution in [0.15, 0.2) is 12.1 Å². The molecule has 0 N–H and O–H groups in total. The summed E-state index contributed by atoms with van der Waals surface area (Å²) in [6.07, 6.45) is 3.98. The normalized spacial score (nSPS) is 25.0. The summed E-state index contributed by atoms with van der Waals surface area (Å²) in [4.78, 5) is 14.8. The molecule has 22 heavy (non-hydrogen) atoms. The molecule has 0 saturated carbocycles. The molecule has 2 saturated heterocycles. The monoisotopic (exact) mass is 301 g/mol. The predicted octanol–water partition coefficient (Wildman–Crippen LogP) is 3.18. The van der Waals surface area contributed by atoms with Crippen molar-refractivity contribution in [1.82, 2.24) is 4.90 Å². The van der Waals surface area contributed by atoms with Gasteiger partial charge in [-0.1, -0.05) is 17.7 Å². The Balaban J connectivity index is 1.68. The molecule has 1 atom stereocenters. The zero-order valence-corrected chi connectivity index (χ0v) is 14.1. The highest BCUT2D eigenvalue weighted by molar-refractivity contribution is 5.80. The van der Waals surface area contributed by atoms with Crippen LogP contribution in [0.2, 0.25) is 0 Å². The standard InChI is InChI=1S/C19H27NO2/c1-14-9-15(2)17(16(3)10-14)11-18(21)20-7-6-19(12-20)5-4-8-22-13-19/h9-10H,4-8,11-13H2,1-3H3. The molecule has 1 amide bonds. The largest absolute Gasteiger partial charge is 0.381 e. The Morgan fingerprint density at radius 2 is 1.95 bits per heavy atom. The highest BCUT2D eigenvalue weighted by atomic mass is 16.5. The van der Waals surface area contributed by atoms with Crippen molar-refractivity contribution < 1.29 is 9.53 Å². The van der Waals surface area contributed by atoms with Crippen molar-refractivity contribution in [2.24, 2.45) is 5.41 Å². The van der Waals surface area contributed by atoms with E-state index in [1.165, 1.54) is 28.7 Å². The van der Waals surface area contributed by atoms with Gasteiger partial charge in [-0.25, -0.2) is 0 Å². The van der Waals surface area contributed by atoms with Gasteiger partial charge >= 0.3 is 0 Å². The van der Waals surface area contributed by atoms with Crippen LogP contribution in [-0.4, -0.2) is 37.1 Å². The number of hydrogen-bond donors (Lipinski definition) is 0. The minimum Gasteiger partial charge on any atom is -0.381 e. The second kappa shape index (κ2) is 6.04. The second-order valence-corrected chi connectivity index (χ2v) is 7.28. The SMILES string of the molecule is Cc1cc(C)c(CC(=O)N2CCC3(CCCOC3)C2)c(C)c1. The summed E-state index contributed by atoms with van der Waals surface area (Å²) in [6.45, 7) is 9.84. The number of ether oxygens (including phenoxy) is 1. The summed E-state index contributed by atoms with van der Waals surface area (Å²) in [5.74, 6) is 0.275. The fourth-order valence-electron chi connectivity index (χ4n) is 4.13. The molecule has 0 bridgehead atoms. The van der Waals surface area contributed by atoms with E-state index in [1.807, 2.05) is 0 Å². The topological polar surface area (TPSA) is 29.5 Å². The van der Waals surface area contributed by atoms with Crippen LogP contribution >= 0.6 is 0 Å². The van der Waals surface area contributed by atoms with E-state index in [0.717, 1.165) is 39.1 Å². The van der Waals surface area contributed by atoms with E-state index >= 15 is 0 Å². The minimum absolute atomic E-state index is 0.241. The molecule has 2 fully saturated rings. The van der Waals surface area contributed by atoms with Gasteiger partial charge in [0.2, 0.25) is 5.91 Å². The third kappa shape index (κ3) is 3.05. The van der Waals surface area contributed by atoms with E-state index in [9.17, 15) is 4.79 Å². The second-order valence-electron chi connectivity index (χ2n) is 7.28. The van der Waals surface area contributed by atoms with E-state index in [4.69, 9.17) is 4.74 Å². The molecule has 3 heteroatoms. The van der Waals surface area contributed by atoms with Gasteiger partial charge in [0.15, 0.2) is 0 Å². The fourth-order valence-corrected chi connectivity index (χ4v) is 4.13. The van der Waals surface area contributed by atoms with Crippen molar-refractivity contribution in [3.8, 4) is 0 Å². The summed E-state index contributed by atoms with van der Waals surface area (Å²) < 4.78 is 5.67. The molecule has 1 unspecified atom stereocenters. The average Bonchev–Trinajstić information content (AvgIpc) is 2.87. The van der Waals surface area contributed by atoms with Crippen molar-refractivity contribution in [3.05, 3.63) is 34.4 Å². The van der Waals surface area contributed by atoms with Crippen molar-refractivity contribution in [2.45, 2.75) is 46.5 Å². The van der Waals surface area contributed by atoms with Crippen LogP contribution < -0.4 is 0 Å². The maximum absolute atomic E-state index is 12.7. The van der Waals surface area contributed by atoms with Gasteiger partial charge in [-0.2, -0.15) is 0 Å². The van der Waals surface area contributed by atoms with Crippen molar-refractivity contribution in [3.63, 3.8) is 0 Å². The maximum Gasteiger partial charge on any atom is 0.227 e. The number of hydrogen-bond acceptors (Lipinski definition) is 2.